The molecule has 22 heavy (non-hydrogen) atoms. The highest BCUT2D eigenvalue weighted by molar-refractivity contribution is 7.20. The van der Waals surface area contributed by atoms with Gasteiger partial charge in [0.2, 0.25) is 0 Å². The standard InChI is InChI=1S/C16H18N4OS/c17-14-13(15(21)19-9-10-2-1-5-18-8-10)12-11-3-6-20(7-4-11)16(12)22-14/h1-2,5,8,11H,3-4,6-7,9,17H2,(H,19,21). The van der Waals surface area contributed by atoms with Crippen molar-refractivity contribution in [1.82, 2.24) is 10.3 Å². The van der Waals surface area contributed by atoms with Crippen molar-refractivity contribution in [3.8, 4) is 0 Å². The number of carbonyl (C=O) groups is 1. The summed E-state index contributed by atoms with van der Waals surface area (Å²) in [7, 11) is 0. The van der Waals surface area contributed by atoms with Crippen LogP contribution in [0.1, 0.15) is 40.2 Å². The van der Waals surface area contributed by atoms with E-state index in [2.05, 4.69) is 15.2 Å². The minimum Gasteiger partial charge on any atom is -0.390 e. The van der Waals surface area contributed by atoms with E-state index in [-0.39, 0.29) is 5.91 Å². The number of piperidine rings is 1. The minimum absolute atomic E-state index is 0.0624. The summed E-state index contributed by atoms with van der Waals surface area (Å²) in [5.74, 6) is 0.431. The summed E-state index contributed by atoms with van der Waals surface area (Å²) >= 11 is 1.56. The monoisotopic (exact) mass is 314 g/mol. The van der Waals surface area contributed by atoms with Crippen LogP contribution in [0.25, 0.3) is 0 Å². The largest absolute Gasteiger partial charge is 0.390 e. The zero-order valence-electron chi connectivity index (χ0n) is 12.2. The molecular weight excluding hydrogens is 296 g/mol. The summed E-state index contributed by atoms with van der Waals surface area (Å²) in [4.78, 5) is 19.1. The van der Waals surface area contributed by atoms with Crippen molar-refractivity contribution in [2.45, 2.75) is 25.3 Å². The van der Waals surface area contributed by atoms with Crippen molar-refractivity contribution in [3.63, 3.8) is 0 Å². The molecule has 1 fully saturated rings. The molecule has 6 heteroatoms. The number of rotatable bonds is 3. The second kappa shape index (κ2) is 5.28. The van der Waals surface area contributed by atoms with Crippen LogP contribution < -0.4 is 16.0 Å². The Bertz CT molecular complexity index is 704. The van der Waals surface area contributed by atoms with Gasteiger partial charge in [0.05, 0.1) is 10.6 Å². The van der Waals surface area contributed by atoms with Gasteiger partial charge in [0.25, 0.3) is 5.91 Å². The second-order valence-electron chi connectivity index (χ2n) is 5.87. The van der Waals surface area contributed by atoms with E-state index in [1.165, 1.54) is 10.6 Å². The molecule has 3 aliphatic heterocycles. The SMILES string of the molecule is Nc1sc2c(c1C(=O)NCc1cccnc1)C1CCN2CC1. The molecule has 0 atom stereocenters. The van der Waals surface area contributed by atoms with E-state index >= 15 is 0 Å². The number of anilines is 2. The zero-order valence-corrected chi connectivity index (χ0v) is 13.0. The maximum atomic E-state index is 12.6. The highest BCUT2D eigenvalue weighted by Crippen LogP contribution is 2.50. The average Bonchev–Trinajstić information content (AvgIpc) is 2.93. The Balaban J connectivity index is 1.59. The van der Waals surface area contributed by atoms with E-state index in [0.717, 1.165) is 31.5 Å². The number of fused-ring (bicyclic) bond motifs is 2. The number of amides is 1. The Kier molecular flexibility index (Phi) is 3.26. The van der Waals surface area contributed by atoms with Gasteiger partial charge < -0.3 is 16.0 Å². The summed E-state index contributed by atoms with van der Waals surface area (Å²) in [6, 6.07) is 3.82. The van der Waals surface area contributed by atoms with Gasteiger partial charge in [-0.15, -0.1) is 11.3 Å². The Labute approximate surface area is 133 Å². The van der Waals surface area contributed by atoms with Gasteiger partial charge >= 0.3 is 0 Å². The quantitative estimate of drug-likeness (QED) is 0.912. The minimum atomic E-state index is -0.0624. The smallest absolute Gasteiger partial charge is 0.254 e. The first-order valence-electron chi connectivity index (χ1n) is 7.58. The van der Waals surface area contributed by atoms with Gasteiger partial charge in [-0.2, -0.15) is 0 Å². The molecule has 0 radical (unpaired) electrons. The number of nitrogens with one attached hydrogen (secondary N) is 1. The molecule has 3 aliphatic rings. The Hall–Kier alpha value is -2.08. The first kappa shape index (κ1) is 13.6. The van der Waals surface area contributed by atoms with Gasteiger partial charge in [0.1, 0.15) is 5.00 Å². The van der Waals surface area contributed by atoms with Gasteiger partial charge in [0, 0.05) is 37.6 Å². The first-order chi connectivity index (χ1) is 10.7. The van der Waals surface area contributed by atoms with E-state index in [0.29, 0.717) is 23.0 Å². The van der Waals surface area contributed by atoms with Crippen LogP contribution in [0.4, 0.5) is 10.0 Å². The third-order valence-electron chi connectivity index (χ3n) is 4.55. The number of hydrogen-bond acceptors (Lipinski definition) is 5. The Morgan fingerprint density at radius 3 is 3.00 bits per heavy atom. The topological polar surface area (TPSA) is 71.2 Å². The van der Waals surface area contributed by atoms with Gasteiger partial charge in [0.15, 0.2) is 0 Å². The summed E-state index contributed by atoms with van der Waals surface area (Å²) in [5, 5.41) is 4.84. The molecule has 0 saturated carbocycles. The van der Waals surface area contributed by atoms with Crippen molar-refractivity contribution in [2.24, 2.45) is 0 Å². The number of pyridine rings is 1. The van der Waals surface area contributed by atoms with Gasteiger partial charge in [-0.1, -0.05) is 6.07 Å². The highest BCUT2D eigenvalue weighted by Gasteiger charge is 2.37. The van der Waals surface area contributed by atoms with Crippen molar-refractivity contribution in [2.75, 3.05) is 23.7 Å². The Morgan fingerprint density at radius 2 is 2.27 bits per heavy atom. The molecular formula is C16H18N4OS. The van der Waals surface area contributed by atoms with Crippen LogP contribution >= 0.6 is 11.3 Å². The van der Waals surface area contributed by atoms with Gasteiger partial charge in [-0.25, -0.2) is 0 Å². The van der Waals surface area contributed by atoms with Crippen LogP contribution in [-0.4, -0.2) is 24.0 Å². The molecule has 3 N–H and O–H groups in total. The van der Waals surface area contributed by atoms with E-state index in [1.807, 2.05) is 12.1 Å². The van der Waals surface area contributed by atoms with Crippen LogP contribution in [0.5, 0.6) is 0 Å². The lowest BCUT2D eigenvalue weighted by Crippen LogP contribution is -2.38. The maximum Gasteiger partial charge on any atom is 0.254 e. The molecule has 0 unspecified atom stereocenters. The zero-order chi connectivity index (χ0) is 15.1. The van der Waals surface area contributed by atoms with Gasteiger partial charge in [-0.05, 0) is 30.4 Å². The van der Waals surface area contributed by atoms with Crippen LogP contribution in [0.15, 0.2) is 24.5 Å². The maximum absolute atomic E-state index is 12.6. The summed E-state index contributed by atoms with van der Waals surface area (Å²) in [5.41, 5.74) is 9.04. The molecule has 114 valence electrons. The van der Waals surface area contributed by atoms with Crippen LogP contribution in [0.2, 0.25) is 0 Å². The van der Waals surface area contributed by atoms with E-state index in [1.54, 1.807) is 23.7 Å². The van der Waals surface area contributed by atoms with E-state index < -0.39 is 0 Å². The lowest BCUT2D eigenvalue weighted by Gasteiger charge is -2.40. The molecule has 5 nitrogen and oxygen atoms in total. The van der Waals surface area contributed by atoms with Crippen molar-refractivity contribution >= 4 is 27.2 Å². The van der Waals surface area contributed by atoms with E-state index in [9.17, 15) is 4.79 Å². The molecule has 2 aromatic rings. The van der Waals surface area contributed by atoms with E-state index in [4.69, 9.17) is 5.73 Å². The summed E-state index contributed by atoms with van der Waals surface area (Å²) in [6.07, 6.45) is 5.75. The predicted octanol–water partition coefficient (Wildman–Crippen LogP) is 2.35. The molecule has 5 rings (SSSR count). The lowest BCUT2D eigenvalue weighted by molar-refractivity contribution is 0.0950. The average molecular weight is 314 g/mol. The second-order valence-corrected chi connectivity index (χ2v) is 6.90. The predicted molar refractivity (Wildman–Crippen MR) is 88.3 cm³/mol. The number of nitrogen functional groups attached to an aromatic ring is 1. The van der Waals surface area contributed by atoms with Crippen LogP contribution in [0.3, 0.4) is 0 Å². The fourth-order valence-electron chi connectivity index (χ4n) is 3.44. The fourth-order valence-corrected chi connectivity index (χ4v) is 4.65. The van der Waals surface area contributed by atoms with Crippen molar-refractivity contribution in [1.29, 1.82) is 0 Å². The third kappa shape index (κ3) is 2.14. The number of carbonyl (C=O) groups excluding carboxylic acids is 1. The fraction of sp³-hybridized carbons (Fsp3) is 0.375. The van der Waals surface area contributed by atoms with Crippen molar-refractivity contribution < 1.29 is 4.79 Å². The highest BCUT2D eigenvalue weighted by atomic mass is 32.1. The molecule has 0 aromatic carbocycles. The van der Waals surface area contributed by atoms with Crippen LogP contribution in [-0.2, 0) is 6.54 Å². The van der Waals surface area contributed by atoms with Gasteiger partial charge in [-0.3, -0.25) is 9.78 Å². The molecule has 1 amide bonds. The molecule has 0 spiro atoms. The molecule has 2 bridgehead atoms. The van der Waals surface area contributed by atoms with Crippen molar-refractivity contribution in [3.05, 3.63) is 41.2 Å². The number of hydrogen-bond donors (Lipinski definition) is 2. The molecule has 5 heterocycles. The normalized spacial score (nSPS) is 16.6. The van der Waals surface area contributed by atoms with Crippen LogP contribution in [0, 0.1) is 0 Å². The Morgan fingerprint density at radius 1 is 1.45 bits per heavy atom. The summed E-state index contributed by atoms with van der Waals surface area (Å²) in [6.45, 7) is 2.66. The number of thiophene rings is 1. The number of aromatic nitrogens is 1. The number of nitrogens with zero attached hydrogens (tertiary/aromatic N) is 2. The third-order valence-corrected chi connectivity index (χ3v) is 5.64. The lowest BCUT2D eigenvalue weighted by atomic mass is 9.84. The number of nitrogens with two attached hydrogens (primary N) is 1. The molecule has 2 aromatic heterocycles. The first-order valence-corrected chi connectivity index (χ1v) is 8.40. The molecule has 0 aliphatic carbocycles. The summed E-state index contributed by atoms with van der Waals surface area (Å²) < 4.78 is 0. The molecule has 1 saturated heterocycles.